The number of carboxylic acids is 1. The van der Waals surface area contributed by atoms with Crippen molar-refractivity contribution in [3.05, 3.63) is 20.5 Å². The van der Waals surface area contributed by atoms with Crippen LogP contribution < -0.4 is 4.72 Å². The molecule has 1 aromatic rings. The number of thiophene rings is 1. The van der Waals surface area contributed by atoms with E-state index >= 15 is 0 Å². The maximum atomic E-state index is 12.0. The van der Waals surface area contributed by atoms with E-state index in [-0.39, 0.29) is 21.4 Å². The van der Waals surface area contributed by atoms with Gasteiger partial charge in [0.2, 0.25) is 0 Å². The van der Waals surface area contributed by atoms with E-state index in [2.05, 4.69) is 4.72 Å². The number of nitrogens with one attached hydrogen (secondary N) is 1. The minimum atomic E-state index is -4.04. The Bertz CT molecular complexity index is 626. The molecule has 11 heteroatoms. The highest BCUT2D eigenvalue weighted by atomic mass is 35.5. The van der Waals surface area contributed by atoms with E-state index in [9.17, 15) is 23.3 Å². The van der Waals surface area contributed by atoms with Crippen molar-refractivity contribution in [2.24, 2.45) is 0 Å². The van der Waals surface area contributed by atoms with Crippen molar-refractivity contribution in [1.29, 1.82) is 0 Å². The summed E-state index contributed by atoms with van der Waals surface area (Å²) in [7, 11) is -4.04. The van der Waals surface area contributed by atoms with E-state index in [1.165, 1.54) is 0 Å². The quantitative estimate of drug-likeness (QED) is 0.575. The van der Waals surface area contributed by atoms with Crippen LogP contribution in [0.5, 0.6) is 0 Å². The van der Waals surface area contributed by atoms with Crippen molar-refractivity contribution < 1.29 is 23.2 Å². The van der Waals surface area contributed by atoms with Crippen LogP contribution in [-0.4, -0.2) is 30.5 Å². The summed E-state index contributed by atoms with van der Waals surface area (Å²) in [6.45, 7) is 1.62. The Balaban J connectivity index is 3.01. The molecule has 0 fully saturated rings. The summed E-state index contributed by atoms with van der Waals surface area (Å²) in [5.41, 5.74) is -0.497. The topological polar surface area (TPSA) is 127 Å². The van der Waals surface area contributed by atoms with Crippen LogP contribution in [0.15, 0.2) is 10.3 Å². The summed E-state index contributed by atoms with van der Waals surface area (Å²) in [5, 5.41) is 19.3. The van der Waals surface area contributed by atoms with Gasteiger partial charge in [0.25, 0.3) is 15.7 Å². The van der Waals surface area contributed by atoms with Crippen molar-refractivity contribution in [1.82, 2.24) is 4.72 Å². The summed E-state index contributed by atoms with van der Waals surface area (Å²) in [6.07, 6.45) is -0.107. The summed E-state index contributed by atoms with van der Waals surface area (Å²) in [6, 6.07) is 0.0560. The number of nitrogens with zero attached hydrogens (tertiary/aromatic N) is 1. The number of carboxylic acid groups (broad SMARTS) is 1. The van der Waals surface area contributed by atoms with Gasteiger partial charge in [-0.15, -0.1) is 11.3 Å². The van der Waals surface area contributed by atoms with Crippen molar-refractivity contribution in [3.8, 4) is 0 Å². The molecular weight excluding hydrogens is 332 g/mol. The number of aliphatic carboxylic acids is 1. The number of nitro groups is 1. The predicted molar refractivity (Wildman–Crippen MR) is 72.6 cm³/mol. The van der Waals surface area contributed by atoms with Crippen molar-refractivity contribution in [2.45, 2.75) is 30.0 Å². The lowest BCUT2D eigenvalue weighted by Gasteiger charge is -2.13. The van der Waals surface area contributed by atoms with Gasteiger partial charge >= 0.3 is 5.97 Å². The Hall–Kier alpha value is -1.23. The van der Waals surface area contributed by atoms with Gasteiger partial charge in [-0.05, 0) is 6.42 Å². The second-order valence-corrected chi connectivity index (χ2v) is 7.40. The van der Waals surface area contributed by atoms with Crippen LogP contribution in [0.1, 0.15) is 19.8 Å². The number of carbonyl (C=O) groups is 1. The van der Waals surface area contributed by atoms with Crippen LogP contribution in [0.2, 0.25) is 4.34 Å². The molecule has 1 rings (SSSR count). The standard InChI is InChI=1S/C9H11ClN2O6S2/c1-2-5(3-7(13)14)11-20(17,18)8-4-6(12(15)16)9(10)19-8/h4-5,11H,2-3H2,1H3,(H,13,14). The largest absolute Gasteiger partial charge is 0.481 e. The number of hydrogen-bond donors (Lipinski definition) is 2. The molecule has 20 heavy (non-hydrogen) atoms. The first-order valence-electron chi connectivity index (χ1n) is 5.35. The number of hydrogen-bond acceptors (Lipinski definition) is 6. The van der Waals surface area contributed by atoms with Gasteiger partial charge in [-0.2, -0.15) is 0 Å². The smallest absolute Gasteiger partial charge is 0.304 e. The molecule has 0 radical (unpaired) electrons. The molecular formula is C9H11ClN2O6S2. The van der Waals surface area contributed by atoms with E-state index in [1.54, 1.807) is 6.92 Å². The summed E-state index contributed by atoms with van der Waals surface area (Å²) >= 11 is 6.14. The normalized spacial score (nSPS) is 13.1. The van der Waals surface area contributed by atoms with Crippen LogP contribution in [0.4, 0.5) is 5.69 Å². The van der Waals surface area contributed by atoms with E-state index in [1.807, 2.05) is 0 Å². The fourth-order valence-corrected chi connectivity index (χ4v) is 4.35. The minimum absolute atomic E-state index is 0.248. The average Bonchev–Trinajstić information content (AvgIpc) is 2.70. The molecule has 0 spiro atoms. The fourth-order valence-electron chi connectivity index (χ4n) is 1.35. The third kappa shape index (κ3) is 4.13. The molecule has 0 saturated heterocycles. The molecule has 0 amide bonds. The molecule has 1 unspecified atom stereocenters. The van der Waals surface area contributed by atoms with Gasteiger partial charge in [0, 0.05) is 12.1 Å². The molecule has 2 N–H and O–H groups in total. The van der Waals surface area contributed by atoms with E-state index in [4.69, 9.17) is 16.7 Å². The third-order valence-electron chi connectivity index (χ3n) is 2.34. The Morgan fingerprint density at radius 2 is 2.25 bits per heavy atom. The van der Waals surface area contributed by atoms with Crippen molar-refractivity contribution >= 4 is 44.6 Å². The molecule has 0 saturated carbocycles. The third-order valence-corrected chi connectivity index (χ3v) is 5.68. The lowest BCUT2D eigenvalue weighted by Crippen LogP contribution is -2.35. The van der Waals surface area contributed by atoms with E-state index in [0.717, 1.165) is 6.07 Å². The SMILES string of the molecule is CCC(CC(=O)O)NS(=O)(=O)c1cc([N+](=O)[O-])c(Cl)s1. The lowest BCUT2D eigenvalue weighted by atomic mass is 10.2. The fraction of sp³-hybridized carbons (Fsp3) is 0.444. The summed E-state index contributed by atoms with van der Waals surface area (Å²) in [5.74, 6) is -1.14. The maximum Gasteiger partial charge on any atom is 0.304 e. The molecule has 0 aliphatic heterocycles. The van der Waals surface area contributed by atoms with E-state index in [0.29, 0.717) is 11.3 Å². The monoisotopic (exact) mass is 342 g/mol. The van der Waals surface area contributed by atoms with Gasteiger partial charge in [0.15, 0.2) is 4.34 Å². The second kappa shape index (κ2) is 6.48. The molecule has 112 valence electrons. The Labute approximate surface area is 123 Å². The molecule has 0 aliphatic carbocycles. The maximum absolute atomic E-state index is 12.0. The molecule has 1 aromatic heterocycles. The number of sulfonamides is 1. The first-order valence-corrected chi connectivity index (χ1v) is 8.03. The van der Waals surface area contributed by atoms with Crippen LogP contribution in [0.3, 0.4) is 0 Å². The highest BCUT2D eigenvalue weighted by Gasteiger charge is 2.27. The van der Waals surface area contributed by atoms with Gasteiger partial charge in [-0.25, -0.2) is 13.1 Å². The predicted octanol–water partition coefficient (Wildman–Crippen LogP) is 1.84. The van der Waals surface area contributed by atoms with Crippen LogP contribution >= 0.6 is 22.9 Å². The van der Waals surface area contributed by atoms with Gasteiger partial charge in [0.05, 0.1) is 11.3 Å². The number of rotatable bonds is 7. The molecule has 0 aromatic carbocycles. The van der Waals surface area contributed by atoms with Crippen LogP contribution in [0, 0.1) is 10.1 Å². The second-order valence-electron chi connectivity index (χ2n) is 3.81. The zero-order chi connectivity index (χ0) is 15.5. The zero-order valence-corrected chi connectivity index (χ0v) is 12.6. The minimum Gasteiger partial charge on any atom is -0.481 e. The summed E-state index contributed by atoms with van der Waals surface area (Å²) < 4.78 is 25.6. The molecule has 0 aliphatic rings. The van der Waals surface area contributed by atoms with E-state index < -0.39 is 32.6 Å². The van der Waals surface area contributed by atoms with Gasteiger partial charge in [-0.3, -0.25) is 14.9 Å². The first-order chi connectivity index (χ1) is 9.17. The van der Waals surface area contributed by atoms with Gasteiger partial charge in [0.1, 0.15) is 4.21 Å². The van der Waals surface area contributed by atoms with Gasteiger partial charge < -0.3 is 5.11 Å². The molecule has 1 atom stereocenters. The molecule has 0 bridgehead atoms. The average molecular weight is 343 g/mol. The van der Waals surface area contributed by atoms with Crippen molar-refractivity contribution in [2.75, 3.05) is 0 Å². The van der Waals surface area contributed by atoms with Gasteiger partial charge in [-0.1, -0.05) is 18.5 Å². The Kier molecular flexibility index (Phi) is 5.45. The number of halogens is 1. The highest BCUT2D eigenvalue weighted by molar-refractivity contribution is 7.91. The summed E-state index contributed by atoms with van der Waals surface area (Å²) in [4.78, 5) is 20.4. The lowest BCUT2D eigenvalue weighted by molar-refractivity contribution is -0.384. The first kappa shape index (κ1) is 16.8. The Morgan fingerprint density at radius 1 is 1.65 bits per heavy atom. The Morgan fingerprint density at radius 3 is 2.65 bits per heavy atom. The zero-order valence-electron chi connectivity index (χ0n) is 10.2. The van der Waals surface area contributed by atoms with Crippen LogP contribution in [0.25, 0.3) is 0 Å². The van der Waals surface area contributed by atoms with Crippen LogP contribution in [-0.2, 0) is 14.8 Å². The van der Waals surface area contributed by atoms with Crippen molar-refractivity contribution in [3.63, 3.8) is 0 Å². The highest BCUT2D eigenvalue weighted by Crippen LogP contribution is 2.36. The molecule has 1 heterocycles. The molecule has 8 nitrogen and oxygen atoms in total.